The number of anilines is 1. The van der Waals surface area contributed by atoms with Gasteiger partial charge in [0.05, 0.1) is 5.70 Å². The second-order valence-electron chi connectivity index (χ2n) is 8.39. The van der Waals surface area contributed by atoms with E-state index in [0.717, 1.165) is 46.1 Å². The van der Waals surface area contributed by atoms with Gasteiger partial charge < -0.3 is 10.1 Å². The smallest absolute Gasteiger partial charge is 0.226 e. The highest BCUT2D eigenvalue weighted by Crippen LogP contribution is 2.50. The molecule has 158 valence electrons. The van der Waals surface area contributed by atoms with Crippen molar-refractivity contribution in [2.24, 2.45) is 0 Å². The summed E-state index contributed by atoms with van der Waals surface area (Å²) in [5, 5.41) is 8.15. The number of nitrogens with one attached hydrogen (secondary N) is 1. The lowest BCUT2D eigenvalue weighted by Gasteiger charge is -2.39. The molecule has 1 N–H and O–H groups in total. The SMILES string of the molecule is CCc1ccc([C@@H]2Oc3ccccc3C3=C2[C@@H](c2ccc(C)cc2)n2ncnc2N3)cc1. The summed E-state index contributed by atoms with van der Waals surface area (Å²) in [5.41, 5.74) is 8.09. The lowest BCUT2D eigenvalue weighted by Crippen LogP contribution is -2.32. The van der Waals surface area contributed by atoms with Crippen molar-refractivity contribution < 1.29 is 4.74 Å². The Morgan fingerprint density at radius 1 is 0.938 bits per heavy atom. The fraction of sp³-hybridized carbons (Fsp3) is 0.185. The summed E-state index contributed by atoms with van der Waals surface area (Å²) in [6.45, 7) is 4.28. The van der Waals surface area contributed by atoms with Gasteiger partial charge in [-0.1, -0.05) is 73.2 Å². The van der Waals surface area contributed by atoms with Crippen LogP contribution in [0.3, 0.4) is 0 Å². The van der Waals surface area contributed by atoms with E-state index in [1.807, 2.05) is 22.9 Å². The van der Waals surface area contributed by atoms with Crippen molar-refractivity contribution in [2.45, 2.75) is 32.4 Å². The van der Waals surface area contributed by atoms with Gasteiger partial charge in [-0.3, -0.25) is 0 Å². The van der Waals surface area contributed by atoms with Gasteiger partial charge in [-0.05, 0) is 42.2 Å². The van der Waals surface area contributed by atoms with Gasteiger partial charge in [0.1, 0.15) is 24.2 Å². The molecule has 1 aromatic heterocycles. The Balaban J connectivity index is 1.60. The summed E-state index contributed by atoms with van der Waals surface area (Å²) in [7, 11) is 0. The number of hydrogen-bond donors (Lipinski definition) is 1. The first-order valence-corrected chi connectivity index (χ1v) is 11.0. The van der Waals surface area contributed by atoms with Gasteiger partial charge in [0, 0.05) is 11.1 Å². The van der Waals surface area contributed by atoms with E-state index in [0.29, 0.717) is 0 Å². The Labute approximate surface area is 187 Å². The predicted octanol–water partition coefficient (Wildman–Crippen LogP) is 5.71. The molecule has 2 aliphatic heterocycles. The maximum Gasteiger partial charge on any atom is 0.226 e. The number of ether oxygens (including phenoxy) is 1. The summed E-state index contributed by atoms with van der Waals surface area (Å²) in [6, 6.07) is 25.5. The van der Waals surface area contributed by atoms with Crippen LogP contribution in [0.5, 0.6) is 5.75 Å². The molecule has 0 bridgehead atoms. The standard InChI is InChI=1S/C27H24N4O/c1-3-18-10-14-20(15-11-18)26-23-24(21-6-4-5-7-22(21)32-26)30-27-28-16-29-31(27)25(23)19-12-8-17(2)9-13-19/h4-16,25-26H,3H2,1-2H3,(H,28,29,30)/t25-,26+/m1/s1. The van der Waals surface area contributed by atoms with Crippen LogP contribution in [0.1, 0.15) is 46.9 Å². The molecule has 0 aliphatic carbocycles. The molecule has 6 rings (SSSR count). The van der Waals surface area contributed by atoms with E-state index in [1.165, 1.54) is 11.1 Å². The van der Waals surface area contributed by atoms with Crippen molar-refractivity contribution in [3.05, 3.63) is 113 Å². The second kappa shape index (κ2) is 7.38. The summed E-state index contributed by atoms with van der Waals surface area (Å²) < 4.78 is 8.64. The van der Waals surface area contributed by atoms with Gasteiger partial charge in [-0.2, -0.15) is 10.1 Å². The van der Waals surface area contributed by atoms with Crippen LogP contribution >= 0.6 is 0 Å². The number of hydrogen-bond acceptors (Lipinski definition) is 4. The van der Waals surface area contributed by atoms with Crippen LogP contribution in [-0.4, -0.2) is 14.8 Å². The predicted molar refractivity (Wildman–Crippen MR) is 126 cm³/mol. The number of nitrogens with zero attached hydrogens (tertiary/aromatic N) is 3. The Kier molecular flexibility index (Phi) is 4.35. The third-order valence-electron chi connectivity index (χ3n) is 6.41. The van der Waals surface area contributed by atoms with Crippen molar-refractivity contribution in [1.82, 2.24) is 14.8 Å². The van der Waals surface area contributed by atoms with E-state index in [-0.39, 0.29) is 12.1 Å². The van der Waals surface area contributed by atoms with Crippen LogP contribution in [0.4, 0.5) is 5.95 Å². The van der Waals surface area contributed by atoms with Gasteiger partial charge in [0.15, 0.2) is 0 Å². The molecular formula is C27H24N4O. The molecule has 0 saturated heterocycles. The monoisotopic (exact) mass is 420 g/mol. The molecule has 5 nitrogen and oxygen atoms in total. The molecule has 2 aliphatic rings. The summed E-state index contributed by atoms with van der Waals surface area (Å²) >= 11 is 0. The topological polar surface area (TPSA) is 52.0 Å². The molecular weight excluding hydrogens is 396 g/mol. The maximum atomic E-state index is 6.67. The Morgan fingerprint density at radius 3 is 2.47 bits per heavy atom. The third kappa shape index (κ3) is 2.93. The van der Waals surface area contributed by atoms with Crippen molar-refractivity contribution in [3.8, 4) is 5.75 Å². The molecule has 3 aromatic carbocycles. The minimum Gasteiger partial charge on any atom is -0.480 e. The minimum absolute atomic E-state index is 0.117. The van der Waals surface area contributed by atoms with Crippen LogP contribution in [0.15, 0.2) is 84.7 Å². The second-order valence-corrected chi connectivity index (χ2v) is 8.39. The number of benzene rings is 3. The molecule has 0 saturated carbocycles. The summed E-state index contributed by atoms with van der Waals surface area (Å²) in [5.74, 6) is 1.62. The normalized spacial score (nSPS) is 18.8. The zero-order valence-electron chi connectivity index (χ0n) is 18.1. The quantitative estimate of drug-likeness (QED) is 0.461. The lowest BCUT2D eigenvalue weighted by atomic mass is 9.84. The Morgan fingerprint density at radius 2 is 1.69 bits per heavy atom. The third-order valence-corrected chi connectivity index (χ3v) is 6.41. The van der Waals surface area contributed by atoms with E-state index in [1.54, 1.807) is 6.33 Å². The first-order chi connectivity index (χ1) is 15.7. The van der Waals surface area contributed by atoms with Gasteiger partial charge in [-0.15, -0.1) is 0 Å². The summed E-state index contributed by atoms with van der Waals surface area (Å²) in [4.78, 5) is 4.50. The van der Waals surface area contributed by atoms with E-state index >= 15 is 0 Å². The van der Waals surface area contributed by atoms with Crippen LogP contribution in [0.2, 0.25) is 0 Å². The maximum absolute atomic E-state index is 6.67. The van der Waals surface area contributed by atoms with E-state index in [2.05, 4.69) is 83.8 Å². The lowest BCUT2D eigenvalue weighted by molar-refractivity contribution is 0.223. The minimum atomic E-state index is -0.234. The van der Waals surface area contributed by atoms with Crippen LogP contribution in [0, 0.1) is 6.92 Å². The van der Waals surface area contributed by atoms with Crippen LogP contribution in [0.25, 0.3) is 5.70 Å². The molecule has 32 heavy (non-hydrogen) atoms. The highest BCUT2D eigenvalue weighted by atomic mass is 16.5. The molecule has 0 amide bonds. The van der Waals surface area contributed by atoms with Crippen LogP contribution in [-0.2, 0) is 6.42 Å². The highest BCUT2D eigenvalue weighted by Gasteiger charge is 2.40. The van der Waals surface area contributed by atoms with E-state index in [4.69, 9.17) is 4.74 Å². The van der Waals surface area contributed by atoms with Gasteiger partial charge in [0.25, 0.3) is 0 Å². The average molecular weight is 421 g/mol. The largest absolute Gasteiger partial charge is 0.480 e. The number of fused-ring (bicyclic) bond motifs is 3. The number of para-hydroxylation sites is 1. The molecule has 0 spiro atoms. The van der Waals surface area contributed by atoms with Crippen molar-refractivity contribution >= 4 is 11.6 Å². The molecule has 4 aromatic rings. The van der Waals surface area contributed by atoms with Crippen molar-refractivity contribution in [2.75, 3.05) is 5.32 Å². The molecule has 3 heterocycles. The average Bonchev–Trinajstić information content (AvgIpc) is 3.31. The van der Waals surface area contributed by atoms with Crippen molar-refractivity contribution in [1.29, 1.82) is 0 Å². The van der Waals surface area contributed by atoms with Crippen LogP contribution < -0.4 is 10.1 Å². The summed E-state index contributed by atoms with van der Waals surface area (Å²) in [6.07, 6.45) is 2.39. The van der Waals surface area contributed by atoms with Gasteiger partial charge >= 0.3 is 0 Å². The Bertz CT molecular complexity index is 1320. The van der Waals surface area contributed by atoms with E-state index in [9.17, 15) is 0 Å². The zero-order valence-corrected chi connectivity index (χ0v) is 18.1. The number of rotatable bonds is 3. The Hall–Kier alpha value is -3.86. The molecule has 0 unspecified atom stereocenters. The van der Waals surface area contributed by atoms with Crippen molar-refractivity contribution in [3.63, 3.8) is 0 Å². The van der Waals surface area contributed by atoms with Gasteiger partial charge in [-0.25, -0.2) is 4.68 Å². The number of aromatic nitrogens is 3. The zero-order chi connectivity index (χ0) is 21.7. The molecule has 5 heteroatoms. The molecule has 0 radical (unpaired) electrons. The number of aryl methyl sites for hydroxylation is 2. The van der Waals surface area contributed by atoms with E-state index < -0.39 is 0 Å². The first-order valence-electron chi connectivity index (χ1n) is 11.0. The molecule has 0 fully saturated rings. The fourth-order valence-corrected chi connectivity index (χ4v) is 4.69. The fourth-order valence-electron chi connectivity index (χ4n) is 4.69. The highest BCUT2D eigenvalue weighted by molar-refractivity contribution is 5.85. The molecule has 2 atom stereocenters. The van der Waals surface area contributed by atoms with Gasteiger partial charge in [0.2, 0.25) is 5.95 Å². The first kappa shape index (κ1) is 18.9.